The molecule has 1 aromatic heterocycles. The third-order valence-electron chi connectivity index (χ3n) is 2.48. The summed E-state index contributed by atoms with van der Waals surface area (Å²) >= 11 is 0. The Morgan fingerprint density at radius 2 is 2.28 bits per heavy atom. The molecule has 2 rings (SSSR count). The number of aliphatic hydroxyl groups excluding tert-OH is 1. The smallest absolute Gasteiger partial charge is 0.229 e. The Bertz CT molecular complexity index is 508. The predicted octanol–water partition coefficient (Wildman–Crippen LogP) is 1.59. The largest absolute Gasteiger partial charge is 0.497 e. The van der Waals surface area contributed by atoms with Gasteiger partial charge in [0.25, 0.3) is 0 Å². The molecule has 0 saturated carbocycles. The van der Waals surface area contributed by atoms with E-state index < -0.39 is 6.10 Å². The van der Waals surface area contributed by atoms with Crippen LogP contribution in [-0.2, 0) is 12.8 Å². The van der Waals surface area contributed by atoms with Gasteiger partial charge in [-0.2, -0.15) is 4.98 Å². The second kappa shape index (κ2) is 5.64. The van der Waals surface area contributed by atoms with Crippen LogP contribution in [0.5, 0.6) is 5.75 Å². The van der Waals surface area contributed by atoms with Gasteiger partial charge in [-0.1, -0.05) is 17.3 Å². The van der Waals surface area contributed by atoms with Gasteiger partial charge in [0.2, 0.25) is 5.89 Å². The van der Waals surface area contributed by atoms with Crippen LogP contribution in [0.3, 0.4) is 0 Å². The van der Waals surface area contributed by atoms with Crippen LogP contribution in [0, 0.1) is 0 Å². The van der Waals surface area contributed by atoms with Crippen molar-refractivity contribution in [1.29, 1.82) is 0 Å². The van der Waals surface area contributed by atoms with Crippen molar-refractivity contribution in [3.63, 3.8) is 0 Å². The summed E-state index contributed by atoms with van der Waals surface area (Å²) < 4.78 is 10.2. The van der Waals surface area contributed by atoms with Crippen LogP contribution >= 0.6 is 0 Å². The van der Waals surface area contributed by atoms with Gasteiger partial charge in [-0.05, 0) is 24.6 Å². The van der Waals surface area contributed by atoms with Crippen molar-refractivity contribution < 1.29 is 14.4 Å². The molecule has 18 heavy (non-hydrogen) atoms. The highest BCUT2D eigenvalue weighted by Crippen LogP contribution is 2.15. The minimum absolute atomic E-state index is 0.380. The molecule has 0 amide bonds. The summed E-state index contributed by atoms with van der Waals surface area (Å²) in [6.45, 7) is 1.69. The maximum atomic E-state index is 9.23. The molecule has 96 valence electrons. The highest BCUT2D eigenvalue weighted by molar-refractivity contribution is 5.30. The Hall–Kier alpha value is -1.88. The predicted molar refractivity (Wildman–Crippen MR) is 65.5 cm³/mol. The van der Waals surface area contributed by atoms with Gasteiger partial charge in [-0.25, -0.2) is 0 Å². The minimum Gasteiger partial charge on any atom is -0.497 e. The van der Waals surface area contributed by atoms with Gasteiger partial charge in [0.1, 0.15) is 5.75 Å². The third-order valence-corrected chi connectivity index (χ3v) is 2.48. The zero-order chi connectivity index (χ0) is 13.0. The molecular weight excluding hydrogens is 232 g/mol. The number of methoxy groups -OCH3 is 1. The number of hydrogen-bond acceptors (Lipinski definition) is 5. The molecule has 1 heterocycles. The monoisotopic (exact) mass is 248 g/mol. The summed E-state index contributed by atoms with van der Waals surface area (Å²) in [6, 6.07) is 7.72. The van der Waals surface area contributed by atoms with Gasteiger partial charge >= 0.3 is 0 Å². The van der Waals surface area contributed by atoms with E-state index in [9.17, 15) is 5.11 Å². The Labute approximate surface area is 105 Å². The van der Waals surface area contributed by atoms with Crippen molar-refractivity contribution in [2.24, 2.45) is 0 Å². The van der Waals surface area contributed by atoms with E-state index in [4.69, 9.17) is 9.26 Å². The van der Waals surface area contributed by atoms with Crippen LogP contribution in [0.4, 0.5) is 0 Å². The van der Waals surface area contributed by atoms with E-state index in [1.807, 2.05) is 24.3 Å². The lowest BCUT2D eigenvalue weighted by atomic mass is 10.1. The lowest BCUT2D eigenvalue weighted by Gasteiger charge is -2.01. The lowest BCUT2D eigenvalue weighted by molar-refractivity contribution is 0.181. The van der Waals surface area contributed by atoms with Crippen molar-refractivity contribution in [3.8, 4) is 5.75 Å². The van der Waals surface area contributed by atoms with Gasteiger partial charge in [-0.3, -0.25) is 0 Å². The fourth-order valence-electron chi connectivity index (χ4n) is 1.66. The summed E-state index contributed by atoms with van der Waals surface area (Å²) in [6.07, 6.45) is 0.487. The Morgan fingerprint density at radius 3 is 3.00 bits per heavy atom. The summed E-state index contributed by atoms with van der Waals surface area (Å²) in [5, 5.41) is 13.1. The number of hydrogen-bond donors (Lipinski definition) is 1. The molecule has 0 aliphatic rings. The fraction of sp³-hybridized carbons (Fsp3) is 0.385. The number of ether oxygens (including phenoxy) is 1. The molecule has 1 aromatic carbocycles. The highest BCUT2D eigenvalue weighted by Gasteiger charge is 2.09. The summed E-state index contributed by atoms with van der Waals surface area (Å²) in [5.74, 6) is 1.88. The second-order valence-electron chi connectivity index (χ2n) is 4.19. The van der Waals surface area contributed by atoms with Crippen molar-refractivity contribution in [3.05, 3.63) is 41.5 Å². The molecule has 1 N–H and O–H groups in total. The first kappa shape index (κ1) is 12.6. The molecule has 2 aromatic rings. The molecule has 0 bridgehead atoms. The van der Waals surface area contributed by atoms with E-state index in [1.165, 1.54) is 0 Å². The van der Waals surface area contributed by atoms with Crippen molar-refractivity contribution >= 4 is 0 Å². The van der Waals surface area contributed by atoms with E-state index in [0.717, 1.165) is 11.3 Å². The number of benzene rings is 1. The van der Waals surface area contributed by atoms with Crippen molar-refractivity contribution in [1.82, 2.24) is 10.1 Å². The van der Waals surface area contributed by atoms with Crippen LogP contribution in [0.25, 0.3) is 0 Å². The summed E-state index contributed by atoms with van der Waals surface area (Å²) in [7, 11) is 1.63. The van der Waals surface area contributed by atoms with Crippen LogP contribution in [0.15, 0.2) is 28.8 Å². The van der Waals surface area contributed by atoms with Gasteiger partial charge in [-0.15, -0.1) is 0 Å². The Morgan fingerprint density at radius 1 is 1.44 bits per heavy atom. The number of aliphatic hydroxyl groups is 1. The quantitative estimate of drug-likeness (QED) is 0.870. The molecule has 0 saturated heterocycles. The second-order valence-corrected chi connectivity index (χ2v) is 4.19. The first-order valence-corrected chi connectivity index (χ1v) is 5.80. The van der Waals surface area contributed by atoms with E-state index >= 15 is 0 Å². The van der Waals surface area contributed by atoms with Crippen LogP contribution in [0.1, 0.15) is 24.2 Å². The number of aromatic nitrogens is 2. The van der Waals surface area contributed by atoms with Gasteiger partial charge in [0.05, 0.1) is 19.6 Å². The normalized spacial score (nSPS) is 12.4. The molecule has 0 aliphatic carbocycles. The number of nitrogens with zero attached hydrogens (tertiary/aromatic N) is 2. The molecule has 0 aliphatic heterocycles. The Balaban J connectivity index is 2.06. The Kier molecular flexibility index (Phi) is 3.94. The van der Waals surface area contributed by atoms with E-state index in [0.29, 0.717) is 24.6 Å². The molecule has 1 unspecified atom stereocenters. The number of rotatable bonds is 5. The van der Waals surface area contributed by atoms with Crippen molar-refractivity contribution in [2.75, 3.05) is 7.11 Å². The maximum Gasteiger partial charge on any atom is 0.229 e. The molecule has 5 heteroatoms. The highest BCUT2D eigenvalue weighted by atomic mass is 16.5. The van der Waals surface area contributed by atoms with E-state index in [2.05, 4.69) is 10.1 Å². The molecule has 0 fully saturated rings. The molecule has 1 atom stereocenters. The third kappa shape index (κ3) is 3.30. The van der Waals surface area contributed by atoms with Gasteiger partial charge < -0.3 is 14.4 Å². The van der Waals surface area contributed by atoms with E-state index in [-0.39, 0.29) is 0 Å². The zero-order valence-electron chi connectivity index (χ0n) is 10.5. The topological polar surface area (TPSA) is 68.4 Å². The fourth-order valence-corrected chi connectivity index (χ4v) is 1.66. The first-order valence-electron chi connectivity index (χ1n) is 5.80. The van der Waals surface area contributed by atoms with Gasteiger partial charge in [0.15, 0.2) is 5.82 Å². The van der Waals surface area contributed by atoms with Crippen LogP contribution in [-0.4, -0.2) is 28.5 Å². The average molecular weight is 248 g/mol. The SMILES string of the molecule is COc1cccc(Cc2noc(CC(C)O)n2)c1. The molecule has 0 radical (unpaired) electrons. The summed E-state index contributed by atoms with van der Waals surface area (Å²) in [5.41, 5.74) is 1.05. The van der Waals surface area contributed by atoms with Crippen LogP contribution < -0.4 is 4.74 Å². The molecule has 5 nitrogen and oxygen atoms in total. The molecule has 0 spiro atoms. The van der Waals surface area contributed by atoms with E-state index in [1.54, 1.807) is 14.0 Å². The van der Waals surface area contributed by atoms with Gasteiger partial charge in [0, 0.05) is 6.42 Å². The average Bonchev–Trinajstić information content (AvgIpc) is 2.76. The zero-order valence-corrected chi connectivity index (χ0v) is 10.5. The minimum atomic E-state index is -0.477. The first-order chi connectivity index (χ1) is 8.67. The lowest BCUT2D eigenvalue weighted by Crippen LogP contribution is -2.04. The maximum absolute atomic E-state index is 9.23. The standard InChI is InChI=1S/C13H16N2O3/c1-9(16)6-13-14-12(15-18-13)8-10-4-3-5-11(7-10)17-2/h3-5,7,9,16H,6,8H2,1-2H3. The van der Waals surface area contributed by atoms with Crippen LogP contribution in [0.2, 0.25) is 0 Å². The molecular formula is C13H16N2O3. The van der Waals surface area contributed by atoms with Crippen molar-refractivity contribution in [2.45, 2.75) is 25.9 Å². The summed E-state index contributed by atoms with van der Waals surface area (Å²) in [4.78, 5) is 4.22.